The van der Waals surface area contributed by atoms with Crippen LogP contribution in [0, 0.1) is 6.92 Å². The Kier molecular flexibility index (Phi) is 6.64. The van der Waals surface area contributed by atoms with Crippen LogP contribution >= 0.6 is 0 Å². The second kappa shape index (κ2) is 9.11. The van der Waals surface area contributed by atoms with Gasteiger partial charge in [0.05, 0.1) is 35.1 Å². The largest absolute Gasteiger partial charge is 0.379 e. The second-order valence-corrected chi connectivity index (χ2v) is 12.3. The Morgan fingerprint density at radius 2 is 2.00 bits per heavy atom. The van der Waals surface area contributed by atoms with Crippen LogP contribution in [-0.2, 0) is 24.6 Å². The predicted octanol–water partition coefficient (Wildman–Crippen LogP) is 1.44. The summed E-state index contributed by atoms with van der Waals surface area (Å²) in [5, 5.41) is 0.571. The zero-order valence-corrected chi connectivity index (χ0v) is 19.4. The molecule has 1 aromatic carbocycles. The van der Waals surface area contributed by atoms with Crippen LogP contribution in [0.1, 0.15) is 18.4 Å². The van der Waals surface area contributed by atoms with Gasteiger partial charge in [-0.2, -0.15) is 4.31 Å². The molecule has 170 valence electrons. The predicted molar refractivity (Wildman–Crippen MR) is 119 cm³/mol. The number of ether oxygens (including phenoxy) is 1. The quantitative estimate of drug-likeness (QED) is 0.608. The van der Waals surface area contributed by atoms with Crippen LogP contribution in [-0.4, -0.2) is 88.0 Å². The van der Waals surface area contributed by atoms with Gasteiger partial charge in [0.15, 0.2) is 9.84 Å². The van der Waals surface area contributed by atoms with Crippen LogP contribution in [0.2, 0.25) is 0 Å². The highest BCUT2D eigenvalue weighted by molar-refractivity contribution is 7.92. The van der Waals surface area contributed by atoms with Crippen molar-refractivity contribution in [1.82, 2.24) is 14.2 Å². The maximum Gasteiger partial charge on any atom is 0.244 e. The molecular weight excluding hydrogens is 438 g/mol. The molecule has 0 radical (unpaired) electrons. The number of rotatable bonds is 7. The third kappa shape index (κ3) is 4.93. The molecule has 0 spiro atoms. The number of aromatic nitrogens is 1. The highest BCUT2D eigenvalue weighted by atomic mass is 32.2. The van der Waals surface area contributed by atoms with Crippen molar-refractivity contribution in [3.05, 3.63) is 36.0 Å². The summed E-state index contributed by atoms with van der Waals surface area (Å²) in [6.07, 6.45) is 2.62. The van der Waals surface area contributed by atoms with Crippen molar-refractivity contribution in [3.8, 4) is 0 Å². The molecule has 2 aromatic rings. The van der Waals surface area contributed by atoms with E-state index in [-0.39, 0.29) is 22.9 Å². The summed E-state index contributed by atoms with van der Waals surface area (Å²) in [6, 6.07) is 6.34. The lowest BCUT2D eigenvalue weighted by Gasteiger charge is -2.30. The molecule has 0 amide bonds. The number of hydrogen-bond donors (Lipinski definition) is 0. The summed E-state index contributed by atoms with van der Waals surface area (Å²) < 4.78 is 58.7. The molecule has 1 unspecified atom stereocenters. The van der Waals surface area contributed by atoms with Crippen molar-refractivity contribution < 1.29 is 21.6 Å². The van der Waals surface area contributed by atoms with E-state index in [1.807, 2.05) is 6.92 Å². The number of nitrogens with zero attached hydrogens (tertiary/aromatic N) is 3. The minimum absolute atomic E-state index is 0.0311. The number of hydrogen-bond acceptors (Lipinski definition) is 7. The topological polar surface area (TPSA) is 96.9 Å². The Hall–Kier alpha value is -1.59. The molecule has 10 heteroatoms. The maximum atomic E-state index is 13.8. The van der Waals surface area contributed by atoms with Gasteiger partial charge in [-0.1, -0.05) is 6.07 Å². The first kappa shape index (κ1) is 22.6. The standard InChI is InChI=1S/C21H29N3O5S2/c1-17-5-6-20(19-4-2-8-22-21(17)19)31(27,28)24(18-7-15-30(25,26)16-18)10-3-9-23-11-13-29-14-12-23/h2,4-6,8,18H,3,7,9-16H2,1H3. The van der Waals surface area contributed by atoms with Crippen LogP contribution in [0.15, 0.2) is 35.4 Å². The fourth-order valence-corrected chi connectivity index (χ4v) is 8.12. The summed E-state index contributed by atoms with van der Waals surface area (Å²) in [6.45, 7) is 5.98. The van der Waals surface area contributed by atoms with Crippen molar-refractivity contribution in [2.24, 2.45) is 0 Å². The van der Waals surface area contributed by atoms with Gasteiger partial charge in [0.2, 0.25) is 10.0 Å². The smallest absolute Gasteiger partial charge is 0.244 e. The van der Waals surface area contributed by atoms with Crippen molar-refractivity contribution in [1.29, 1.82) is 0 Å². The Morgan fingerprint density at radius 3 is 2.71 bits per heavy atom. The monoisotopic (exact) mass is 467 g/mol. The van der Waals surface area contributed by atoms with E-state index in [0.29, 0.717) is 37.0 Å². The Morgan fingerprint density at radius 1 is 1.23 bits per heavy atom. The van der Waals surface area contributed by atoms with Crippen LogP contribution in [0.5, 0.6) is 0 Å². The average Bonchev–Trinajstić information content (AvgIpc) is 3.11. The summed E-state index contributed by atoms with van der Waals surface area (Å²) in [7, 11) is -7.12. The summed E-state index contributed by atoms with van der Waals surface area (Å²) in [4.78, 5) is 6.81. The Balaban J connectivity index is 1.64. The number of sulfone groups is 1. The van der Waals surface area contributed by atoms with Gasteiger partial charge in [0.1, 0.15) is 0 Å². The highest BCUT2D eigenvalue weighted by Gasteiger charge is 2.39. The van der Waals surface area contributed by atoms with Crippen molar-refractivity contribution >= 4 is 30.8 Å². The third-order valence-corrected chi connectivity index (χ3v) is 9.85. The van der Waals surface area contributed by atoms with E-state index in [9.17, 15) is 16.8 Å². The van der Waals surface area contributed by atoms with Crippen LogP contribution < -0.4 is 0 Å². The normalized spacial score (nSPS) is 22.3. The van der Waals surface area contributed by atoms with E-state index in [2.05, 4.69) is 9.88 Å². The van der Waals surface area contributed by atoms with Gasteiger partial charge in [0, 0.05) is 37.3 Å². The molecular formula is C21H29N3O5S2. The van der Waals surface area contributed by atoms with Gasteiger partial charge >= 0.3 is 0 Å². The first-order chi connectivity index (χ1) is 14.8. The van der Waals surface area contributed by atoms with Gasteiger partial charge in [-0.05, 0) is 50.1 Å². The van der Waals surface area contributed by atoms with Crippen LogP contribution in [0.25, 0.3) is 10.9 Å². The molecule has 4 rings (SSSR count). The average molecular weight is 468 g/mol. The number of pyridine rings is 1. The molecule has 3 heterocycles. The highest BCUT2D eigenvalue weighted by Crippen LogP contribution is 2.30. The van der Waals surface area contributed by atoms with E-state index >= 15 is 0 Å². The molecule has 2 fully saturated rings. The summed E-state index contributed by atoms with van der Waals surface area (Å²) in [5.41, 5.74) is 1.55. The molecule has 2 aliphatic heterocycles. The number of fused-ring (bicyclic) bond motifs is 1. The first-order valence-electron chi connectivity index (χ1n) is 10.6. The van der Waals surface area contributed by atoms with Crippen molar-refractivity contribution in [2.45, 2.75) is 30.7 Å². The molecule has 0 aliphatic carbocycles. The minimum Gasteiger partial charge on any atom is -0.379 e. The van der Waals surface area contributed by atoms with Gasteiger partial charge in [-0.25, -0.2) is 16.8 Å². The molecule has 1 aromatic heterocycles. The zero-order chi connectivity index (χ0) is 22.1. The maximum absolute atomic E-state index is 13.8. The van der Waals surface area contributed by atoms with Gasteiger partial charge in [0.25, 0.3) is 0 Å². The van der Waals surface area contributed by atoms with Crippen molar-refractivity contribution in [2.75, 3.05) is 50.9 Å². The van der Waals surface area contributed by atoms with E-state index in [4.69, 9.17) is 4.74 Å². The van der Waals surface area contributed by atoms with Gasteiger partial charge in [-0.3, -0.25) is 9.88 Å². The number of aryl methyl sites for hydroxylation is 1. The number of sulfonamides is 1. The van der Waals surface area contributed by atoms with Gasteiger partial charge in [-0.15, -0.1) is 0 Å². The SMILES string of the molecule is Cc1ccc(S(=O)(=O)N(CCCN2CCOCC2)C2CCS(=O)(=O)C2)c2cccnc12. The molecule has 0 bridgehead atoms. The lowest BCUT2D eigenvalue weighted by molar-refractivity contribution is 0.0367. The Labute approximate surface area is 184 Å². The lowest BCUT2D eigenvalue weighted by Crippen LogP contribution is -2.43. The number of morpholine rings is 1. The second-order valence-electron chi connectivity index (χ2n) is 8.26. The number of benzene rings is 1. The van der Waals surface area contributed by atoms with Gasteiger partial charge < -0.3 is 4.74 Å². The molecule has 0 N–H and O–H groups in total. The Bertz CT molecular complexity index is 1140. The fourth-order valence-electron chi connectivity index (χ4n) is 4.42. The van der Waals surface area contributed by atoms with E-state index in [1.165, 1.54) is 4.31 Å². The van der Waals surface area contributed by atoms with E-state index in [0.717, 1.165) is 25.2 Å². The minimum atomic E-state index is -3.90. The molecule has 1 atom stereocenters. The van der Waals surface area contributed by atoms with Crippen LogP contribution in [0.3, 0.4) is 0 Å². The molecule has 2 saturated heterocycles. The molecule has 31 heavy (non-hydrogen) atoms. The summed E-state index contributed by atoms with van der Waals surface area (Å²) in [5.74, 6) is -0.0881. The zero-order valence-electron chi connectivity index (χ0n) is 17.7. The molecule has 8 nitrogen and oxygen atoms in total. The molecule has 2 aliphatic rings. The summed E-state index contributed by atoms with van der Waals surface area (Å²) >= 11 is 0. The molecule has 0 saturated carbocycles. The van der Waals surface area contributed by atoms with E-state index < -0.39 is 25.9 Å². The van der Waals surface area contributed by atoms with Crippen molar-refractivity contribution in [3.63, 3.8) is 0 Å². The van der Waals surface area contributed by atoms with Crippen LogP contribution in [0.4, 0.5) is 0 Å². The first-order valence-corrected chi connectivity index (χ1v) is 13.9. The fraction of sp³-hybridized carbons (Fsp3) is 0.571. The lowest BCUT2D eigenvalue weighted by atomic mass is 10.1. The third-order valence-electron chi connectivity index (χ3n) is 6.09. The van der Waals surface area contributed by atoms with E-state index in [1.54, 1.807) is 30.5 Å².